The Hall–Kier alpha value is -1.02. The van der Waals surface area contributed by atoms with E-state index in [0.29, 0.717) is 17.7 Å². The van der Waals surface area contributed by atoms with E-state index in [1.807, 2.05) is 19.2 Å². The summed E-state index contributed by atoms with van der Waals surface area (Å²) in [7, 11) is 1.96. The van der Waals surface area contributed by atoms with Gasteiger partial charge in [-0.2, -0.15) is 0 Å². The van der Waals surface area contributed by atoms with Gasteiger partial charge in [0.2, 0.25) is 0 Å². The molecule has 0 radical (unpaired) electrons. The molecule has 0 aliphatic rings. The molecule has 13 heavy (non-hydrogen) atoms. The number of nitrogens with one attached hydrogen (secondary N) is 1. The molecular weight excluding hydrogens is 162 g/mol. The number of benzene rings is 1. The van der Waals surface area contributed by atoms with Crippen molar-refractivity contribution in [2.45, 2.75) is 19.9 Å². The summed E-state index contributed by atoms with van der Waals surface area (Å²) in [6.45, 7) is 4.35. The van der Waals surface area contributed by atoms with Crippen molar-refractivity contribution in [2.24, 2.45) is 5.92 Å². The zero-order chi connectivity index (χ0) is 9.84. The second kappa shape index (κ2) is 4.28. The van der Waals surface area contributed by atoms with Crippen molar-refractivity contribution in [2.75, 3.05) is 7.05 Å². The van der Waals surface area contributed by atoms with Gasteiger partial charge < -0.3 is 10.4 Å². The average molecular weight is 179 g/mol. The van der Waals surface area contributed by atoms with E-state index in [1.165, 1.54) is 5.56 Å². The van der Waals surface area contributed by atoms with Crippen molar-refractivity contribution in [1.82, 2.24) is 5.32 Å². The third kappa shape index (κ3) is 2.46. The minimum Gasteiger partial charge on any atom is -0.508 e. The first-order valence-electron chi connectivity index (χ1n) is 4.61. The molecule has 0 spiro atoms. The molecule has 2 N–H and O–H groups in total. The normalized spacial score (nSPS) is 13.2. The lowest BCUT2D eigenvalue weighted by Crippen LogP contribution is -2.21. The molecule has 0 saturated carbocycles. The fourth-order valence-corrected chi connectivity index (χ4v) is 1.57. The second-order valence-electron chi connectivity index (χ2n) is 3.60. The average Bonchev–Trinajstić information content (AvgIpc) is 2.09. The molecular formula is C11H17NO. The summed E-state index contributed by atoms with van der Waals surface area (Å²) in [6, 6.07) is 7.72. The van der Waals surface area contributed by atoms with Gasteiger partial charge >= 0.3 is 0 Å². The maximum absolute atomic E-state index is 9.13. The fraction of sp³-hybridized carbons (Fsp3) is 0.455. The topological polar surface area (TPSA) is 32.3 Å². The predicted molar refractivity (Wildman–Crippen MR) is 54.7 cm³/mol. The molecule has 0 aliphatic heterocycles. The van der Waals surface area contributed by atoms with Crippen LogP contribution >= 0.6 is 0 Å². The van der Waals surface area contributed by atoms with Crippen LogP contribution in [0.1, 0.15) is 25.5 Å². The minimum absolute atomic E-state index is 0.322. The zero-order valence-corrected chi connectivity index (χ0v) is 8.41. The van der Waals surface area contributed by atoms with Gasteiger partial charge in [0, 0.05) is 6.04 Å². The van der Waals surface area contributed by atoms with Gasteiger partial charge in [-0.15, -0.1) is 0 Å². The Labute approximate surface area is 79.6 Å². The summed E-state index contributed by atoms with van der Waals surface area (Å²) in [4.78, 5) is 0. The second-order valence-corrected chi connectivity index (χ2v) is 3.60. The molecule has 0 saturated heterocycles. The van der Waals surface area contributed by atoms with Crippen molar-refractivity contribution >= 4 is 0 Å². The van der Waals surface area contributed by atoms with Crippen molar-refractivity contribution in [3.8, 4) is 5.75 Å². The number of aromatic hydroxyl groups is 1. The molecule has 2 nitrogen and oxygen atoms in total. The minimum atomic E-state index is 0.322. The van der Waals surface area contributed by atoms with Gasteiger partial charge in [0.25, 0.3) is 0 Å². The number of rotatable bonds is 3. The van der Waals surface area contributed by atoms with Crippen LogP contribution in [0.2, 0.25) is 0 Å². The van der Waals surface area contributed by atoms with Gasteiger partial charge in [0.15, 0.2) is 0 Å². The molecule has 0 aromatic heterocycles. The van der Waals surface area contributed by atoms with Gasteiger partial charge in [0.05, 0.1) is 0 Å². The van der Waals surface area contributed by atoms with Crippen LogP contribution in [0.5, 0.6) is 5.75 Å². The van der Waals surface area contributed by atoms with E-state index in [0.717, 1.165) is 0 Å². The molecule has 1 atom stereocenters. The monoisotopic (exact) mass is 179 g/mol. The Bertz CT molecular complexity index is 253. The summed E-state index contributed by atoms with van der Waals surface area (Å²) in [5, 5.41) is 12.4. The molecule has 2 heteroatoms. The number of phenols is 1. The molecule has 0 fully saturated rings. The van der Waals surface area contributed by atoms with Crippen LogP contribution in [0.25, 0.3) is 0 Å². The largest absolute Gasteiger partial charge is 0.508 e. The quantitative estimate of drug-likeness (QED) is 0.746. The Morgan fingerprint density at radius 2 is 1.69 bits per heavy atom. The highest BCUT2D eigenvalue weighted by Crippen LogP contribution is 2.22. The molecule has 0 amide bonds. The van der Waals surface area contributed by atoms with Gasteiger partial charge in [0.1, 0.15) is 5.75 Å². The summed E-state index contributed by atoms with van der Waals surface area (Å²) < 4.78 is 0. The van der Waals surface area contributed by atoms with Gasteiger partial charge in [-0.3, -0.25) is 0 Å². The van der Waals surface area contributed by atoms with Gasteiger partial charge in [-0.05, 0) is 30.7 Å². The van der Waals surface area contributed by atoms with Crippen LogP contribution in [0.4, 0.5) is 0 Å². The molecule has 1 rings (SSSR count). The van der Waals surface area contributed by atoms with Crippen LogP contribution in [0.15, 0.2) is 24.3 Å². The lowest BCUT2D eigenvalue weighted by Gasteiger charge is -2.20. The van der Waals surface area contributed by atoms with Crippen LogP contribution in [0, 0.1) is 5.92 Å². The molecule has 1 unspecified atom stereocenters. The SMILES string of the molecule is CNC(c1ccc(O)cc1)C(C)C. The van der Waals surface area contributed by atoms with E-state index in [-0.39, 0.29) is 0 Å². The van der Waals surface area contributed by atoms with E-state index in [9.17, 15) is 0 Å². The van der Waals surface area contributed by atoms with Crippen LogP contribution in [0.3, 0.4) is 0 Å². The number of phenolic OH excluding ortho intramolecular Hbond substituents is 1. The molecule has 1 aromatic carbocycles. The number of hydrogen-bond acceptors (Lipinski definition) is 2. The Morgan fingerprint density at radius 1 is 1.15 bits per heavy atom. The Kier molecular flexibility index (Phi) is 3.32. The standard InChI is InChI=1S/C11H17NO/c1-8(2)11(12-3)9-4-6-10(13)7-5-9/h4-8,11-13H,1-3H3. The summed E-state index contributed by atoms with van der Waals surface area (Å²) in [5.74, 6) is 0.872. The summed E-state index contributed by atoms with van der Waals surface area (Å²) in [6.07, 6.45) is 0. The summed E-state index contributed by atoms with van der Waals surface area (Å²) in [5.41, 5.74) is 1.22. The predicted octanol–water partition coefficient (Wildman–Crippen LogP) is 2.31. The smallest absolute Gasteiger partial charge is 0.115 e. The molecule has 0 bridgehead atoms. The van der Waals surface area contributed by atoms with E-state index in [4.69, 9.17) is 5.11 Å². The maximum Gasteiger partial charge on any atom is 0.115 e. The first kappa shape index (κ1) is 10.1. The van der Waals surface area contributed by atoms with Crippen molar-refractivity contribution in [3.63, 3.8) is 0 Å². The van der Waals surface area contributed by atoms with Gasteiger partial charge in [-0.1, -0.05) is 26.0 Å². The lowest BCUT2D eigenvalue weighted by molar-refractivity contribution is 0.440. The molecule has 1 aromatic rings. The molecule has 0 aliphatic carbocycles. The third-order valence-electron chi connectivity index (χ3n) is 2.23. The maximum atomic E-state index is 9.13. The van der Waals surface area contributed by atoms with Crippen molar-refractivity contribution in [3.05, 3.63) is 29.8 Å². The Morgan fingerprint density at radius 3 is 2.08 bits per heavy atom. The molecule has 72 valence electrons. The third-order valence-corrected chi connectivity index (χ3v) is 2.23. The van der Waals surface area contributed by atoms with Crippen LogP contribution in [-0.2, 0) is 0 Å². The number of hydrogen-bond donors (Lipinski definition) is 2. The first-order valence-corrected chi connectivity index (χ1v) is 4.61. The van der Waals surface area contributed by atoms with Gasteiger partial charge in [-0.25, -0.2) is 0 Å². The van der Waals surface area contributed by atoms with E-state index in [1.54, 1.807) is 12.1 Å². The first-order chi connectivity index (χ1) is 6.15. The summed E-state index contributed by atoms with van der Waals surface area (Å²) >= 11 is 0. The van der Waals surface area contributed by atoms with Crippen molar-refractivity contribution < 1.29 is 5.11 Å². The van der Waals surface area contributed by atoms with E-state index in [2.05, 4.69) is 19.2 Å². The fourth-order valence-electron chi connectivity index (χ4n) is 1.57. The van der Waals surface area contributed by atoms with E-state index >= 15 is 0 Å². The lowest BCUT2D eigenvalue weighted by atomic mass is 9.96. The van der Waals surface area contributed by atoms with Crippen LogP contribution in [-0.4, -0.2) is 12.2 Å². The highest BCUT2D eigenvalue weighted by atomic mass is 16.3. The molecule has 0 heterocycles. The highest BCUT2D eigenvalue weighted by Gasteiger charge is 2.12. The zero-order valence-electron chi connectivity index (χ0n) is 8.41. The van der Waals surface area contributed by atoms with Crippen molar-refractivity contribution in [1.29, 1.82) is 0 Å². The Balaban J connectivity index is 2.86. The van der Waals surface area contributed by atoms with Crippen LogP contribution < -0.4 is 5.32 Å². The highest BCUT2D eigenvalue weighted by molar-refractivity contribution is 5.28. The van der Waals surface area contributed by atoms with E-state index < -0.39 is 0 Å².